The molecule has 0 spiro atoms. The summed E-state index contributed by atoms with van der Waals surface area (Å²) < 4.78 is 22.3. The first-order valence-electron chi connectivity index (χ1n) is 11.4. The quantitative estimate of drug-likeness (QED) is 0.736. The summed E-state index contributed by atoms with van der Waals surface area (Å²) in [6.45, 7) is 8.89. The average molecular weight is 446 g/mol. The number of nitrogens with one attached hydrogen (secondary N) is 1. The Morgan fingerprint density at radius 3 is 2.28 bits per heavy atom. The first-order valence-corrected chi connectivity index (χ1v) is 11.4. The Labute approximate surface area is 189 Å². The van der Waals surface area contributed by atoms with Gasteiger partial charge in [-0.25, -0.2) is 0 Å². The molecule has 2 fully saturated rings. The van der Waals surface area contributed by atoms with Crippen LogP contribution in [0.5, 0.6) is 17.2 Å². The Bertz CT molecular complexity index is 941. The number of piperidine rings is 1. The zero-order valence-corrected chi connectivity index (χ0v) is 19.8. The van der Waals surface area contributed by atoms with Crippen LogP contribution in [0.25, 0.3) is 10.9 Å². The number of rotatable bonds is 6. The van der Waals surface area contributed by atoms with Gasteiger partial charge in [0.05, 0.1) is 39.1 Å². The van der Waals surface area contributed by atoms with Crippen LogP contribution >= 0.6 is 0 Å². The molecule has 2 atom stereocenters. The van der Waals surface area contributed by atoms with Crippen LogP contribution in [0, 0.1) is 5.92 Å². The minimum atomic E-state index is 0.0105. The van der Waals surface area contributed by atoms with Crippen molar-refractivity contribution >= 4 is 16.8 Å². The first-order chi connectivity index (χ1) is 15.4. The van der Waals surface area contributed by atoms with Gasteiger partial charge in [0.2, 0.25) is 0 Å². The summed E-state index contributed by atoms with van der Waals surface area (Å²) in [5, 5.41) is 0.805. The van der Waals surface area contributed by atoms with Crippen LogP contribution in [-0.2, 0) is 4.74 Å². The number of methoxy groups -OCH3 is 3. The van der Waals surface area contributed by atoms with Gasteiger partial charge in [-0.05, 0) is 38.7 Å². The van der Waals surface area contributed by atoms with Crippen molar-refractivity contribution in [2.75, 3.05) is 54.1 Å². The van der Waals surface area contributed by atoms with Gasteiger partial charge in [0.1, 0.15) is 11.4 Å². The minimum Gasteiger partial charge on any atom is -0.496 e. The lowest BCUT2D eigenvalue weighted by Crippen LogP contribution is -2.48. The molecule has 3 heterocycles. The highest BCUT2D eigenvalue weighted by Crippen LogP contribution is 2.41. The number of aromatic amines is 1. The van der Waals surface area contributed by atoms with Crippen molar-refractivity contribution < 1.29 is 23.7 Å². The first kappa shape index (κ1) is 22.7. The predicted octanol–water partition coefficient (Wildman–Crippen LogP) is 3.16. The number of fused-ring (bicyclic) bond motifs is 1. The molecule has 0 radical (unpaired) electrons. The van der Waals surface area contributed by atoms with Crippen molar-refractivity contribution in [3.63, 3.8) is 0 Å². The van der Waals surface area contributed by atoms with Crippen LogP contribution in [-0.4, -0.2) is 87.0 Å². The number of hydrogen-bond acceptors (Lipinski definition) is 6. The molecule has 2 unspecified atom stereocenters. The molecule has 176 valence electrons. The molecule has 1 aromatic heterocycles. The maximum atomic E-state index is 13.3. The number of carbonyl (C=O) groups excluding carboxylic acids is 1. The van der Waals surface area contributed by atoms with Gasteiger partial charge in [-0.1, -0.05) is 0 Å². The summed E-state index contributed by atoms with van der Waals surface area (Å²) in [5.41, 5.74) is 1.25. The highest BCUT2D eigenvalue weighted by molar-refractivity contribution is 6.02. The Hall–Kier alpha value is -2.45. The number of ether oxygens (including phenoxy) is 4. The molecule has 2 aromatic rings. The summed E-state index contributed by atoms with van der Waals surface area (Å²) in [6.07, 6.45) is 2.61. The molecule has 0 saturated carbocycles. The Morgan fingerprint density at radius 1 is 1.03 bits per heavy atom. The Balaban J connectivity index is 1.44. The molecular weight excluding hydrogens is 410 g/mol. The number of aromatic nitrogens is 1. The van der Waals surface area contributed by atoms with E-state index in [2.05, 4.69) is 23.7 Å². The SMILES string of the molecule is COc1cc(OC)c2cc(C(=O)N3CCC(CN4CC(C)OC(C)C4)CC3)[nH]c2c1OC. The van der Waals surface area contributed by atoms with E-state index in [0.717, 1.165) is 51.0 Å². The molecule has 4 rings (SSSR count). The standard InChI is InChI=1S/C24H35N3O5/c1-15-12-26(13-16(2)32-15)14-17-6-8-27(9-7-17)24(28)19-10-18-20(29-3)11-21(30-4)23(31-5)22(18)25-19/h10-11,15-17,25H,6-9,12-14H2,1-5H3. The highest BCUT2D eigenvalue weighted by atomic mass is 16.5. The Kier molecular flexibility index (Phi) is 6.81. The van der Waals surface area contributed by atoms with Crippen LogP contribution in [0.2, 0.25) is 0 Å². The molecule has 8 heteroatoms. The van der Waals surface area contributed by atoms with E-state index in [4.69, 9.17) is 18.9 Å². The third kappa shape index (κ3) is 4.52. The molecule has 1 amide bonds. The zero-order chi connectivity index (χ0) is 22.8. The number of nitrogens with zero attached hydrogens (tertiary/aromatic N) is 2. The van der Waals surface area contributed by atoms with Crippen LogP contribution < -0.4 is 14.2 Å². The fourth-order valence-electron chi connectivity index (χ4n) is 5.14. The lowest BCUT2D eigenvalue weighted by molar-refractivity contribution is -0.0728. The van der Waals surface area contributed by atoms with Gasteiger partial charge >= 0.3 is 0 Å². The molecule has 2 aliphatic rings. The second-order valence-electron chi connectivity index (χ2n) is 9.00. The fourth-order valence-corrected chi connectivity index (χ4v) is 5.14. The third-order valence-corrected chi connectivity index (χ3v) is 6.58. The van der Waals surface area contributed by atoms with Gasteiger partial charge in [0, 0.05) is 44.2 Å². The molecule has 2 saturated heterocycles. The van der Waals surface area contributed by atoms with Crippen molar-refractivity contribution in [2.45, 2.75) is 38.9 Å². The van der Waals surface area contributed by atoms with Crippen molar-refractivity contribution in [2.24, 2.45) is 5.92 Å². The molecule has 2 aliphatic heterocycles. The van der Waals surface area contributed by atoms with Crippen molar-refractivity contribution in [1.82, 2.24) is 14.8 Å². The molecule has 8 nitrogen and oxygen atoms in total. The van der Waals surface area contributed by atoms with Gasteiger partial charge in [-0.3, -0.25) is 9.69 Å². The van der Waals surface area contributed by atoms with E-state index in [1.165, 1.54) is 0 Å². The van der Waals surface area contributed by atoms with Crippen molar-refractivity contribution in [3.05, 3.63) is 17.8 Å². The number of H-pyrrole nitrogens is 1. The zero-order valence-electron chi connectivity index (χ0n) is 19.8. The van der Waals surface area contributed by atoms with E-state index in [9.17, 15) is 4.79 Å². The summed E-state index contributed by atoms with van der Waals surface area (Å²) >= 11 is 0. The van der Waals surface area contributed by atoms with Crippen LogP contribution in [0.3, 0.4) is 0 Å². The average Bonchev–Trinajstić information content (AvgIpc) is 3.22. The summed E-state index contributed by atoms with van der Waals surface area (Å²) in [5.74, 6) is 2.39. The van der Waals surface area contributed by atoms with Gasteiger partial charge in [-0.2, -0.15) is 0 Å². The molecule has 0 bridgehead atoms. The van der Waals surface area contributed by atoms with E-state index in [-0.39, 0.29) is 18.1 Å². The number of benzene rings is 1. The van der Waals surface area contributed by atoms with Gasteiger partial charge in [-0.15, -0.1) is 0 Å². The van der Waals surface area contributed by atoms with E-state index in [1.54, 1.807) is 27.4 Å². The number of amides is 1. The monoisotopic (exact) mass is 445 g/mol. The lowest BCUT2D eigenvalue weighted by atomic mass is 9.95. The molecule has 32 heavy (non-hydrogen) atoms. The van der Waals surface area contributed by atoms with E-state index >= 15 is 0 Å². The lowest BCUT2D eigenvalue weighted by Gasteiger charge is -2.39. The molecule has 0 aliphatic carbocycles. The van der Waals surface area contributed by atoms with Crippen LogP contribution in [0.1, 0.15) is 37.2 Å². The van der Waals surface area contributed by atoms with Crippen LogP contribution in [0.4, 0.5) is 0 Å². The van der Waals surface area contributed by atoms with Crippen LogP contribution in [0.15, 0.2) is 12.1 Å². The van der Waals surface area contributed by atoms with Crippen molar-refractivity contribution in [3.8, 4) is 17.2 Å². The van der Waals surface area contributed by atoms with E-state index < -0.39 is 0 Å². The maximum absolute atomic E-state index is 13.3. The van der Waals surface area contributed by atoms with E-state index in [1.807, 2.05) is 11.0 Å². The number of likely N-dealkylation sites (tertiary alicyclic amines) is 1. The second-order valence-corrected chi connectivity index (χ2v) is 9.00. The number of carbonyl (C=O) groups is 1. The van der Waals surface area contributed by atoms with Crippen molar-refractivity contribution in [1.29, 1.82) is 0 Å². The van der Waals surface area contributed by atoms with Gasteiger partial charge in [0.15, 0.2) is 11.5 Å². The minimum absolute atomic E-state index is 0.0105. The smallest absolute Gasteiger partial charge is 0.270 e. The highest BCUT2D eigenvalue weighted by Gasteiger charge is 2.29. The summed E-state index contributed by atoms with van der Waals surface area (Å²) in [4.78, 5) is 21.0. The predicted molar refractivity (Wildman–Crippen MR) is 123 cm³/mol. The second kappa shape index (κ2) is 9.58. The third-order valence-electron chi connectivity index (χ3n) is 6.58. The maximum Gasteiger partial charge on any atom is 0.270 e. The summed E-state index contributed by atoms with van der Waals surface area (Å²) in [7, 11) is 4.78. The summed E-state index contributed by atoms with van der Waals surface area (Å²) in [6, 6.07) is 3.63. The molecular formula is C24H35N3O5. The fraction of sp³-hybridized carbons (Fsp3) is 0.625. The topological polar surface area (TPSA) is 76.3 Å². The van der Waals surface area contributed by atoms with E-state index in [0.29, 0.717) is 34.4 Å². The largest absolute Gasteiger partial charge is 0.496 e. The van der Waals surface area contributed by atoms with Gasteiger partial charge < -0.3 is 28.8 Å². The van der Waals surface area contributed by atoms with Gasteiger partial charge in [0.25, 0.3) is 5.91 Å². The Morgan fingerprint density at radius 2 is 1.69 bits per heavy atom. The number of hydrogen-bond donors (Lipinski definition) is 1. The molecule has 1 aromatic carbocycles. The normalized spacial score (nSPS) is 22.8. The molecule has 1 N–H and O–H groups in total. The number of morpholine rings is 1.